The molecule has 0 aliphatic carbocycles. The third-order valence-corrected chi connectivity index (χ3v) is 13.2. The molecular formula is C13H33NO5Si2. The van der Waals surface area contributed by atoms with Crippen LogP contribution in [-0.2, 0) is 22.1 Å². The van der Waals surface area contributed by atoms with E-state index in [4.69, 9.17) is 22.1 Å². The zero-order valence-electron chi connectivity index (χ0n) is 14.9. The quantitative estimate of drug-likeness (QED) is 0.506. The Labute approximate surface area is 132 Å². The van der Waals surface area contributed by atoms with Crippen LogP contribution in [0.5, 0.6) is 0 Å². The standard InChI is InChI=1S/C13H33NO5Si2/c1-9-14(10-2)11-12-20(15-4,16-5)13(3)21(17-6,18-7)19-8/h13H,9-12H2,1-8H3. The fourth-order valence-electron chi connectivity index (χ4n) is 2.76. The minimum Gasteiger partial charge on any atom is -0.397 e. The SMILES string of the molecule is CCN(CC)CC[Si](OC)(OC)C(C)[Si](OC)(OC)OC. The topological polar surface area (TPSA) is 49.4 Å². The van der Waals surface area contributed by atoms with Crippen molar-refractivity contribution in [2.24, 2.45) is 0 Å². The van der Waals surface area contributed by atoms with Crippen molar-refractivity contribution in [3.63, 3.8) is 0 Å². The van der Waals surface area contributed by atoms with Crippen LogP contribution in [0.1, 0.15) is 20.8 Å². The molecule has 0 spiro atoms. The fraction of sp³-hybridized carbons (Fsp3) is 1.00. The lowest BCUT2D eigenvalue weighted by atomic mass is 10.5. The van der Waals surface area contributed by atoms with E-state index in [1.54, 1.807) is 35.5 Å². The van der Waals surface area contributed by atoms with Gasteiger partial charge in [0, 0.05) is 48.1 Å². The highest BCUT2D eigenvalue weighted by atomic mass is 28.4. The van der Waals surface area contributed by atoms with Gasteiger partial charge in [-0.2, -0.15) is 0 Å². The molecule has 6 nitrogen and oxygen atoms in total. The summed E-state index contributed by atoms with van der Waals surface area (Å²) >= 11 is 0. The lowest BCUT2D eigenvalue weighted by Gasteiger charge is -2.40. The Kier molecular flexibility index (Phi) is 10.2. The molecule has 0 aromatic heterocycles. The van der Waals surface area contributed by atoms with Gasteiger partial charge in [-0.25, -0.2) is 0 Å². The predicted octanol–water partition coefficient (Wildman–Crippen LogP) is 1.87. The number of rotatable bonds is 12. The lowest BCUT2D eigenvalue weighted by Crippen LogP contribution is -2.60. The maximum Gasteiger partial charge on any atom is 0.505 e. The Morgan fingerprint density at radius 2 is 1.24 bits per heavy atom. The first-order chi connectivity index (χ1) is 9.95. The molecule has 0 aliphatic heterocycles. The summed E-state index contributed by atoms with van der Waals surface area (Å²) in [7, 11) is 3.03. The molecule has 0 fully saturated rings. The molecule has 8 heteroatoms. The average molecular weight is 340 g/mol. The second-order valence-corrected chi connectivity index (χ2v) is 12.6. The molecule has 0 radical (unpaired) electrons. The first-order valence-electron chi connectivity index (χ1n) is 7.43. The van der Waals surface area contributed by atoms with E-state index < -0.39 is 17.4 Å². The molecule has 0 aromatic rings. The van der Waals surface area contributed by atoms with Gasteiger partial charge in [0.25, 0.3) is 0 Å². The molecule has 0 amide bonds. The van der Waals surface area contributed by atoms with E-state index in [1.807, 2.05) is 0 Å². The molecule has 1 unspecified atom stereocenters. The van der Waals surface area contributed by atoms with Crippen molar-refractivity contribution in [2.75, 3.05) is 55.2 Å². The van der Waals surface area contributed by atoms with Crippen molar-refractivity contribution < 1.29 is 22.1 Å². The number of hydrogen-bond acceptors (Lipinski definition) is 6. The first-order valence-corrected chi connectivity index (χ1v) is 11.3. The second-order valence-electron chi connectivity index (χ2n) is 4.93. The number of nitrogens with zero attached hydrogens (tertiary/aromatic N) is 1. The van der Waals surface area contributed by atoms with Crippen molar-refractivity contribution in [1.82, 2.24) is 4.90 Å². The summed E-state index contributed by atoms with van der Waals surface area (Å²) in [5.41, 5.74) is 0. The monoisotopic (exact) mass is 339 g/mol. The average Bonchev–Trinajstić information content (AvgIpc) is 2.54. The minimum atomic E-state index is -2.80. The van der Waals surface area contributed by atoms with Crippen LogP contribution < -0.4 is 0 Å². The second kappa shape index (κ2) is 10.1. The molecule has 21 heavy (non-hydrogen) atoms. The largest absolute Gasteiger partial charge is 0.505 e. The molecule has 128 valence electrons. The zero-order valence-corrected chi connectivity index (χ0v) is 16.9. The smallest absolute Gasteiger partial charge is 0.397 e. The van der Waals surface area contributed by atoms with Gasteiger partial charge in [-0.3, -0.25) is 0 Å². The van der Waals surface area contributed by atoms with Gasteiger partial charge in [0.1, 0.15) is 0 Å². The summed E-state index contributed by atoms with van der Waals surface area (Å²) in [5, 5.41) is -0.0180. The Morgan fingerprint density at radius 3 is 1.52 bits per heavy atom. The molecule has 1 atom stereocenters. The molecule has 0 N–H and O–H groups in total. The number of hydrogen-bond donors (Lipinski definition) is 0. The van der Waals surface area contributed by atoms with Crippen LogP contribution in [0.4, 0.5) is 0 Å². The van der Waals surface area contributed by atoms with Crippen LogP contribution in [0.3, 0.4) is 0 Å². The van der Waals surface area contributed by atoms with Crippen LogP contribution >= 0.6 is 0 Å². The Balaban J connectivity index is 5.24. The molecule has 0 saturated carbocycles. The molecule has 0 rings (SSSR count). The summed E-state index contributed by atoms with van der Waals surface area (Å²) < 4.78 is 28.6. The van der Waals surface area contributed by atoms with Crippen molar-refractivity contribution in [1.29, 1.82) is 0 Å². The van der Waals surface area contributed by atoms with E-state index in [0.29, 0.717) is 0 Å². The third kappa shape index (κ3) is 4.83. The summed E-state index contributed by atoms with van der Waals surface area (Å²) in [6.07, 6.45) is 0. The lowest BCUT2D eigenvalue weighted by molar-refractivity contribution is 0.111. The highest BCUT2D eigenvalue weighted by Gasteiger charge is 2.59. The predicted molar refractivity (Wildman–Crippen MR) is 88.6 cm³/mol. The maximum absolute atomic E-state index is 5.88. The van der Waals surface area contributed by atoms with E-state index in [1.165, 1.54) is 0 Å². The molecule has 0 aliphatic rings. The normalized spacial score (nSPS) is 14.7. The Morgan fingerprint density at radius 1 is 0.810 bits per heavy atom. The fourth-order valence-corrected chi connectivity index (χ4v) is 11.0. The van der Waals surface area contributed by atoms with Crippen LogP contribution in [-0.4, -0.2) is 77.4 Å². The van der Waals surface area contributed by atoms with Gasteiger partial charge in [-0.1, -0.05) is 20.8 Å². The van der Waals surface area contributed by atoms with Gasteiger partial charge in [0.05, 0.1) is 5.16 Å². The minimum absolute atomic E-state index is 0.0180. The van der Waals surface area contributed by atoms with Gasteiger partial charge in [-0.15, -0.1) is 0 Å². The van der Waals surface area contributed by atoms with Crippen molar-refractivity contribution >= 4 is 17.4 Å². The maximum atomic E-state index is 5.88. The van der Waals surface area contributed by atoms with Crippen LogP contribution in [0.25, 0.3) is 0 Å². The van der Waals surface area contributed by atoms with Gasteiger partial charge in [0.2, 0.25) is 0 Å². The van der Waals surface area contributed by atoms with E-state index in [0.717, 1.165) is 25.7 Å². The zero-order chi connectivity index (χ0) is 16.5. The van der Waals surface area contributed by atoms with Crippen molar-refractivity contribution in [3.05, 3.63) is 0 Å². The van der Waals surface area contributed by atoms with Crippen molar-refractivity contribution in [3.8, 4) is 0 Å². The summed E-state index contributed by atoms with van der Waals surface area (Å²) in [4.78, 5) is 2.36. The summed E-state index contributed by atoms with van der Waals surface area (Å²) in [5.74, 6) is 0. The van der Waals surface area contributed by atoms with Crippen LogP contribution in [0, 0.1) is 0 Å². The van der Waals surface area contributed by atoms with Gasteiger partial charge in [0.15, 0.2) is 0 Å². The highest BCUT2D eigenvalue weighted by Crippen LogP contribution is 2.36. The van der Waals surface area contributed by atoms with Crippen molar-refractivity contribution in [2.45, 2.75) is 32.0 Å². The van der Waals surface area contributed by atoms with Crippen LogP contribution in [0.2, 0.25) is 11.2 Å². The molecule has 0 bridgehead atoms. The highest BCUT2D eigenvalue weighted by molar-refractivity contribution is 6.85. The van der Waals surface area contributed by atoms with E-state index in [2.05, 4.69) is 25.7 Å². The van der Waals surface area contributed by atoms with Gasteiger partial charge >= 0.3 is 17.4 Å². The van der Waals surface area contributed by atoms with Gasteiger partial charge < -0.3 is 27.0 Å². The van der Waals surface area contributed by atoms with E-state index >= 15 is 0 Å². The molecular weight excluding hydrogens is 306 g/mol. The molecule has 0 aromatic carbocycles. The van der Waals surface area contributed by atoms with Gasteiger partial charge in [-0.05, 0) is 13.1 Å². The Bertz CT molecular complexity index is 263. The Hall–Kier alpha value is 0.194. The van der Waals surface area contributed by atoms with Crippen LogP contribution in [0.15, 0.2) is 0 Å². The summed E-state index contributed by atoms with van der Waals surface area (Å²) in [6, 6.07) is 0.855. The van der Waals surface area contributed by atoms with E-state index in [9.17, 15) is 0 Å². The molecule has 0 heterocycles. The first kappa shape index (κ1) is 21.2. The summed E-state index contributed by atoms with van der Waals surface area (Å²) in [6.45, 7) is 9.36. The molecule has 0 saturated heterocycles. The third-order valence-electron chi connectivity index (χ3n) is 4.41. The van der Waals surface area contributed by atoms with E-state index in [-0.39, 0.29) is 5.16 Å².